The number of carbonyl (C=O) groups is 1. The van der Waals surface area contributed by atoms with E-state index in [-0.39, 0.29) is 4.90 Å². The molecule has 38 heavy (non-hydrogen) atoms. The lowest BCUT2D eigenvalue weighted by Gasteiger charge is -2.36. The summed E-state index contributed by atoms with van der Waals surface area (Å²) in [6, 6.07) is 9.23. The van der Waals surface area contributed by atoms with Gasteiger partial charge in [-0.1, -0.05) is 6.07 Å². The molecule has 0 saturated heterocycles. The number of benzene rings is 1. The lowest BCUT2D eigenvalue weighted by Crippen LogP contribution is -2.37. The Kier molecular flexibility index (Phi) is 6.06. The van der Waals surface area contributed by atoms with Gasteiger partial charge in [0.25, 0.3) is 10.0 Å². The van der Waals surface area contributed by atoms with Crippen molar-refractivity contribution in [3.05, 3.63) is 71.8 Å². The number of aromatic nitrogens is 3. The second-order valence-electron chi connectivity index (χ2n) is 10.2. The molecule has 2 aliphatic carbocycles. The first-order valence-electron chi connectivity index (χ1n) is 12.9. The molecule has 1 aromatic carbocycles. The van der Waals surface area contributed by atoms with Crippen LogP contribution in [-0.2, 0) is 22.9 Å². The van der Waals surface area contributed by atoms with Crippen LogP contribution in [0.3, 0.4) is 0 Å². The van der Waals surface area contributed by atoms with Gasteiger partial charge in [0.1, 0.15) is 4.90 Å². The highest BCUT2D eigenvalue weighted by Crippen LogP contribution is 2.40. The van der Waals surface area contributed by atoms with Crippen molar-refractivity contribution in [1.29, 1.82) is 0 Å². The molecule has 0 bridgehead atoms. The van der Waals surface area contributed by atoms with Crippen molar-refractivity contribution in [3.8, 4) is 11.1 Å². The minimum absolute atomic E-state index is 0.0443. The van der Waals surface area contributed by atoms with Crippen LogP contribution in [0.4, 0.5) is 16.2 Å². The summed E-state index contributed by atoms with van der Waals surface area (Å²) in [6.07, 6.45) is 12.6. The molecule has 2 N–H and O–H groups in total. The number of aryl methyl sites for hydroxylation is 2. The third-order valence-corrected chi connectivity index (χ3v) is 9.09. The number of hydrogen-bond acceptors (Lipinski definition) is 6. The van der Waals surface area contributed by atoms with Gasteiger partial charge >= 0.3 is 6.03 Å². The number of anilines is 2. The predicted molar refractivity (Wildman–Crippen MR) is 147 cm³/mol. The van der Waals surface area contributed by atoms with E-state index in [1.807, 2.05) is 38.4 Å². The molecule has 9 nitrogen and oxygen atoms in total. The first kappa shape index (κ1) is 24.4. The highest BCUT2D eigenvalue weighted by atomic mass is 32.2. The number of nitrogens with one attached hydrogen (secondary N) is 2. The quantitative estimate of drug-likeness (QED) is 0.374. The molecule has 0 atom stereocenters. The lowest BCUT2D eigenvalue weighted by molar-refractivity contribution is 0.256. The number of carbonyl (C=O) groups excluding carboxylic acids is 1. The highest BCUT2D eigenvalue weighted by molar-refractivity contribution is 7.90. The fourth-order valence-electron chi connectivity index (χ4n) is 5.53. The molecule has 3 aromatic heterocycles. The smallest absolute Gasteiger partial charge is 0.333 e. The van der Waals surface area contributed by atoms with Gasteiger partial charge in [-0.3, -0.25) is 4.98 Å². The molecule has 2 amide bonds. The molecule has 2 aliphatic rings. The van der Waals surface area contributed by atoms with Crippen LogP contribution in [0.2, 0.25) is 0 Å². The maximum Gasteiger partial charge on any atom is 0.333 e. The number of nitrogens with zero attached hydrogens (tertiary/aromatic N) is 4. The van der Waals surface area contributed by atoms with Crippen LogP contribution in [0.15, 0.2) is 60.0 Å². The Bertz CT molecular complexity index is 1660. The van der Waals surface area contributed by atoms with Crippen molar-refractivity contribution in [2.75, 3.05) is 17.3 Å². The van der Waals surface area contributed by atoms with Crippen molar-refractivity contribution in [2.45, 2.75) is 56.4 Å². The summed E-state index contributed by atoms with van der Waals surface area (Å²) in [7, 11) is -2.19. The monoisotopic (exact) mass is 530 g/mol. The van der Waals surface area contributed by atoms with Gasteiger partial charge in [0, 0.05) is 37.2 Å². The second kappa shape index (κ2) is 9.43. The first-order chi connectivity index (χ1) is 18.3. The predicted octanol–water partition coefficient (Wildman–Crippen LogP) is 4.69. The largest absolute Gasteiger partial charge is 0.370 e. The molecule has 3 heterocycles. The maximum atomic E-state index is 13.2. The van der Waals surface area contributed by atoms with E-state index < -0.39 is 16.1 Å². The molecule has 0 aliphatic heterocycles. The number of hydrogen-bond donors (Lipinski definition) is 2. The summed E-state index contributed by atoms with van der Waals surface area (Å²) in [5.41, 5.74) is 7.37. The van der Waals surface area contributed by atoms with Gasteiger partial charge in [-0.05, 0) is 92.0 Å². The molecule has 10 heteroatoms. The number of rotatable bonds is 6. The Hall–Kier alpha value is -3.92. The molecule has 0 unspecified atom stereocenters. The van der Waals surface area contributed by atoms with E-state index in [0.29, 0.717) is 17.4 Å². The highest BCUT2D eigenvalue weighted by Gasteiger charge is 2.27. The van der Waals surface area contributed by atoms with Gasteiger partial charge in [-0.25, -0.2) is 22.4 Å². The first-order valence-corrected chi connectivity index (χ1v) is 14.4. The zero-order valence-electron chi connectivity index (χ0n) is 21.4. The lowest BCUT2D eigenvalue weighted by atomic mass is 9.92. The minimum atomic E-state index is -4.14. The van der Waals surface area contributed by atoms with Crippen molar-refractivity contribution in [1.82, 2.24) is 19.3 Å². The molecule has 1 saturated carbocycles. The van der Waals surface area contributed by atoms with Gasteiger partial charge in [0.05, 0.1) is 23.1 Å². The van der Waals surface area contributed by atoms with E-state index in [1.165, 1.54) is 18.2 Å². The van der Waals surface area contributed by atoms with Crippen molar-refractivity contribution >= 4 is 32.9 Å². The molecule has 196 valence electrons. The Morgan fingerprint density at radius 2 is 1.95 bits per heavy atom. The maximum absolute atomic E-state index is 13.2. The molecular formula is C28H30N6O3S. The van der Waals surface area contributed by atoms with E-state index in [2.05, 4.69) is 31.1 Å². The van der Waals surface area contributed by atoms with E-state index in [9.17, 15) is 13.2 Å². The van der Waals surface area contributed by atoms with Gasteiger partial charge < -0.3 is 10.2 Å². The fraction of sp³-hybridized carbons (Fsp3) is 0.321. The second-order valence-corrected chi connectivity index (χ2v) is 11.9. The standard InChI is InChI=1S/C28H30N6O3S/c1-18-13-19-5-3-8-25(19)27(26(18)20-10-12-34-22(14-20)9-11-30-34)31-28(35)32-38(36,37)24-15-23(16-29-17-24)33(2)21-6-4-7-21/h9-17,21H,3-8H2,1-2H3,(H2,31,32,35). The summed E-state index contributed by atoms with van der Waals surface area (Å²) in [6.45, 7) is 2.02. The van der Waals surface area contributed by atoms with Gasteiger partial charge in [-0.2, -0.15) is 5.10 Å². The fourth-order valence-corrected chi connectivity index (χ4v) is 6.42. The van der Waals surface area contributed by atoms with Crippen LogP contribution in [-0.4, -0.2) is 42.1 Å². The average Bonchev–Trinajstić information content (AvgIpc) is 3.51. The van der Waals surface area contributed by atoms with Crippen LogP contribution in [0.5, 0.6) is 0 Å². The molecule has 0 spiro atoms. The normalized spacial score (nSPS) is 15.2. The molecule has 1 fully saturated rings. The van der Waals surface area contributed by atoms with Crippen LogP contribution >= 0.6 is 0 Å². The number of amides is 2. The zero-order valence-corrected chi connectivity index (χ0v) is 22.3. The van der Waals surface area contributed by atoms with Gasteiger partial charge in [0.2, 0.25) is 0 Å². The number of sulfonamides is 1. The zero-order chi connectivity index (χ0) is 26.4. The van der Waals surface area contributed by atoms with Gasteiger partial charge in [-0.15, -0.1) is 0 Å². The summed E-state index contributed by atoms with van der Waals surface area (Å²) < 4.78 is 30.4. The van der Waals surface area contributed by atoms with Crippen LogP contribution in [0.1, 0.15) is 42.4 Å². The Morgan fingerprint density at radius 1 is 1.11 bits per heavy atom. The van der Waals surface area contributed by atoms with Crippen LogP contribution in [0, 0.1) is 6.92 Å². The van der Waals surface area contributed by atoms with E-state index in [4.69, 9.17) is 0 Å². The third kappa shape index (κ3) is 4.38. The van der Waals surface area contributed by atoms with Crippen LogP contribution < -0.4 is 14.9 Å². The third-order valence-electron chi connectivity index (χ3n) is 7.79. The number of pyridine rings is 2. The van der Waals surface area contributed by atoms with Crippen molar-refractivity contribution in [3.63, 3.8) is 0 Å². The van der Waals surface area contributed by atoms with E-state index in [1.54, 1.807) is 23.0 Å². The SMILES string of the molecule is Cc1cc2c(c(NC(=O)NS(=O)(=O)c3cncc(N(C)C4CCC4)c3)c1-c1ccn3nccc3c1)CCC2. The molecular weight excluding hydrogens is 500 g/mol. The minimum Gasteiger partial charge on any atom is -0.370 e. The summed E-state index contributed by atoms with van der Waals surface area (Å²) in [5.74, 6) is 0. The number of urea groups is 1. The molecule has 0 radical (unpaired) electrons. The van der Waals surface area contributed by atoms with Gasteiger partial charge in [0.15, 0.2) is 0 Å². The van der Waals surface area contributed by atoms with Crippen molar-refractivity contribution < 1.29 is 13.2 Å². The van der Waals surface area contributed by atoms with Crippen molar-refractivity contribution in [2.24, 2.45) is 0 Å². The molecule has 6 rings (SSSR count). The Morgan fingerprint density at radius 3 is 2.74 bits per heavy atom. The summed E-state index contributed by atoms with van der Waals surface area (Å²) >= 11 is 0. The Balaban J connectivity index is 1.31. The Labute approximate surface area is 221 Å². The van der Waals surface area contributed by atoms with E-state index >= 15 is 0 Å². The van der Waals surface area contributed by atoms with Crippen LogP contribution in [0.25, 0.3) is 16.6 Å². The number of fused-ring (bicyclic) bond motifs is 2. The topological polar surface area (TPSA) is 109 Å². The summed E-state index contributed by atoms with van der Waals surface area (Å²) in [5, 5.41) is 7.18. The summed E-state index contributed by atoms with van der Waals surface area (Å²) in [4.78, 5) is 19.3. The van der Waals surface area contributed by atoms with E-state index in [0.717, 1.165) is 59.9 Å². The molecule has 4 aromatic rings. The average molecular weight is 531 g/mol.